The first-order chi connectivity index (χ1) is 17.0. The van der Waals surface area contributed by atoms with Gasteiger partial charge in [0.1, 0.15) is 10.7 Å². The van der Waals surface area contributed by atoms with E-state index in [0.29, 0.717) is 46.2 Å². The number of hydrogen-bond donors (Lipinski definition) is 1. The summed E-state index contributed by atoms with van der Waals surface area (Å²) in [5, 5.41) is 0.562. The van der Waals surface area contributed by atoms with Crippen LogP contribution in [0.25, 0.3) is 32.0 Å². The lowest BCUT2D eigenvalue weighted by molar-refractivity contribution is -0.133. The first-order valence-electron chi connectivity index (χ1n) is 11.7. The zero-order valence-electron chi connectivity index (χ0n) is 20.2. The van der Waals surface area contributed by atoms with Crippen LogP contribution in [0.5, 0.6) is 11.5 Å². The fourth-order valence-corrected chi connectivity index (χ4v) is 4.92. The molecule has 0 aliphatic heterocycles. The van der Waals surface area contributed by atoms with E-state index < -0.39 is 0 Å². The Labute approximate surface area is 208 Å². The summed E-state index contributed by atoms with van der Waals surface area (Å²) in [7, 11) is 1.54. The highest BCUT2D eigenvalue weighted by Crippen LogP contribution is 2.34. The molecule has 2 aromatic heterocycles. The molecule has 1 N–H and O–H groups in total. The number of H-pyrrole nitrogens is 1. The quantitative estimate of drug-likeness (QED) is 0.323. The SMILES string of the molecule is CCCN(CCC)C(=O)COc1ccc(-c2nc3sc(-c4ccccc4)cc3c(=O)[nH]2)cc1OC. The average Bonchev–Trinajstić information content (AvgIpc) is 3.32. The van der Waals surface area contributed by atoms with E-state index in [4.69, 9.17) is 14.5 Å². The Morgan fingerprint density at radius 3 is 2.43 bits per heavy atom. The van der Waals surface area contributed by atoms with Gasteiger partial charge in [0.25, 0.3) is 11.5 Å². The molecular formula is C27H29N3O4S. The molecule has 4 rings (SSSR count). The van der Waals surface area contributed by atoms with Gasteiger partial charge in [-0.2, -0.15) is 0 Å². The third-order valence-corrected chi connectivity index (χ3v) is 6.67. The summed E-state index contributed by atoms with van der Waals surface area (Å²) in [4.78, 5) is 36.4. The Balaban J connectivity index is 1.58. The molecule has 0 saturated carbocycles. The van der Waals surface area contributed by atoms with Crippen molar-refractivity contribution in [3.63, 3.8) is 0 Å². The zero-order chi connectivity index (χ0) is 24.8. The van der Waals surface area contributed by atoms with Crippen LogP contribution in [0.2, 0.25) is 0 Å². The number of methoxy groups -OCH3 is 1. The fraction of sp³-hybridized carbons (Fsp3) is 0.296. The van der Waals surface area contributed by atoms with Gasteiger partial charge in [-0.1, -0.05) is 44.2 Å². The minimum absolute atomic E-state index is 0.0526. The van der Waals surface area contributed by atoms with Gasteiger partial charge >= 0.3 is 0 Å². The first-order valence-corrected chi connectivity index (χ1v) is 12.5. The van der Waals surface area contributed by atoms with Gasteiger partial charge < -0.3 is 19.4 Å². The van der Waals surface area contributed by atoms with E-state index in [1.165, 1.54) is 11.3 Å². The number of ether oxygens (including phenoxy) is 2. The molecule has 0 radical (unpaired) electrons. The van der Waals surface area contributed by atoms with Gasteiger partial charge in [-0.05, 0) is 42.7 Å². The summed E-state index contributed by atoms with van der Waals surface area (Å²) in [5.74, 6) is 1.32. The lowest BCUT2D eigenvalue weighted by Gasteiger charge is -2.21. The van der Waals surface area contributed by atoms with Crippen molar-refractivity contribution in [1.29, 1.82) is 0 Å². The summed E-state index contributed by atoms with van der Waals surface area (Å²) in [6.45, 7) is 5.46. The standard InChI is InChI=1S/C27H29N3O4S/c1-4-13-30(14-5-2)24(31)17-34-21-12-11-19(15-22(21)33-3)25-28-26(32)20-16-23(35-27(20)29-25)18-9-7-6-8-10-18/h6-12,15-16H,4-5,13-14,17H2,1-3H3,(H,28,29,32). The number of nitrogens with zero attached hydrogens (tertiary/aromatic N) is 2. The van der Waals surface area contributed by atoms with E-state index in [1.807, 2.05) is 55.1 Å². The van der Waals surface area contributed by atoms with Gasteiger partial charge in [-0.25, -0.2) is 4.98 Å². The Kier molecular flexibility index (Phi) is 7.82. The smallest absolute Gasteiger partial charge is 0.260 e. The van der Waals surface area contributed by atoms with E-state index in [0.717, 1.165) is 23.3 Å². The maximum absolute atomic E-state index is 12.8. The molecule has 0 bridgehead atoms. The van der Waals surface area contributed by atoms with Gasteiger partial charge in [0.15, 0.2) is 18.1 Å². The number of carbonyl (C=O) groups excluding carboxylic acids is 1. The lowest BCUT2D eigenvalue weighted by atomic mass is 10.1. The summed E-state index contributed by atoms with van der Waals surface area (Å²) < 4.78 is 11.3. The molecule has 2 aromatic carbocycles. The molecule has 0 aliphatic rings. The molecule has 1 amide bonds. The molecule has 7 nitrogen and oxygen atoms in total. The largest absolute Gasteiger partial charge is 0.493 e. The molecule has 0 aliphatic carbocycles. The van der Waals surface area contributed by atoms with Gasteiger partial charge in [0, 0.05) is 23.5 Å². The molecule has 182 valence electrons. The number of carbonyl (C=O) groups is 1. The fourth-order valence-electron chi connectivity index (χ4n) is 3.88. The number of fused-ring (bicyclic) bond motifs is 1. The minimum atomic E-state index is -0.194. The molecule has 35 heavy (non-hydrogen) atoms. The molecule has 4 aromatic rings. The highest BCUT2D eigenvalue weighted by molar-refractivity contribution is 7.21. The van der Waals surface area contributed by atoms with Crippen molar-refractivity contribution >= 4 is 27.5 Å². The van der Waals surface area contributed by atoms with E-state index in [1.54, 1.807) is 25.3 Å². The predicted molar refractivity (Wildman–Crippen MR) is 140 cm³/mol. The third kappa shape index (κ3) is 5.54. The van der Waals surface area contributed by atoms with Crippen LogP contribution in [-0.2, 0) is 4.79 Å². The topological polar surface area (TPSA) is 84.5 Å². The first kappa shape index (κ1) is 24.5. The summed E-state index contributed by atoms with van der Waals surface area (Å²) >= 11 is 1.48. The van der Waals surface area contributed by atoms with Crippen LogP contribution in [0.3, 0.4) is 0 Å². The number of thiophene rings is 1. The van der Waals surface area contributed by atoms with Crippen LogP contribution in [0.1, 0.15) is 26.7 Å². The van der Waals surface area contributed by atoms with Gasteiger partial charge in [0.2, 0.25) is 0 Å². The van der Waals surface area contributed by atoms with Crippen LogP contribution in [-0.4, -0.2) is 47.6 Å². The number of aromatic amines is 1. The normalized spacial score (nSPS) is 10.9. The number of rotatable bonds is 10. The predicted octanol–water partition coefficient (Wildman–Crippen LogP) is 5.35. The highest BCUT2D eigenvalue weighted by Gasteiger charge is 2.16. The van der Waals surface area contributed by atoms with Crippen LogP contribution >= 0.6 is 11.3 Å². The summed E-state index contributed by atoms with van der Waals surface area (Å²) in [5.41, 5.74) is 1.54. The van der Waals surface area contributed by atoms with E-state index in [9.17, 15) is 9.59 Å². The van der Waals surface area contributed by atoms with Gasteiger partial charge in [-0.3, -0.25) is 9.59 Å². The lowest BCUT2D eigenvalue weighted by Crippen LogP contribution is -2.36. The number of aromatic nitrogens is 2. The minimum Gasteiger partial charge on any atom is -0.493 e. The van der Waals surface area contributed by atoms with E-state index in [2.05, 4.69) is 4.98 Å². The van der Waals surface area contributed by atoms with Crippen molar-refractivity contribution in [2.24, 2.45) is 0 Å². The van der Waals surface area contributed by atoms with Crippen LogP contribution < -0.4 is 15.0 Å². The van der Waals surface area contributed by atoms with Gasteiger partial charge in [0.05, 0.1) is 12.5 Å². The third-order valence-electron chi connectivity index (χ3n) is 5.59. The molecule has 0 atom stereocenters. The van der Waals surface area contributed by atoms with Crippen molar-refractivity contribution in [3.8, 4) is 33.3 Å². The van der Waals surface area contributed by atoms with Gasteiger partial charge in [-0.15, -0.1) is 11.3 Å². The average molecular weight is 492 g/mol. The Morgan fingerprint density at radius 2 is 1.74 bits per heavy atom. The molecule has 8 heteroatoms. The van der Waals surface area contributed by atoms with Crippen molar-refractivity contribution in [2.75, 3.05) is 26.8 Å². The Hall–Kier alpha value is -3.65. The maximum Gasteiger partial charge on any atom is 0.260 e. The number of hydrogen-bond acceptors (Lipinski definition) is 6. The molecular weight excluding hydrogens is 462 g/mol. The Morgan fingerprint density at radius 1 is 1.00 bits per heavy atom. The number of benzene rings is 2. The molecule has 2 heterocycles. The van der Waals surface area contributed by atoms with Crippen molar-refractivity contribution in [2.45, 2.75) is 26.7 Å². The van der Waals surface area contributed by atoms with Crippen molar-refractivity contribution in [3.05, 3.63) is 65.0 Å². The number of amides is 1. The molecule has 0 fully saturated rings. The molecule has 0 saturated heterocycles. The highest BCUT2D eigenvalue weighted by atomic mass is 32.1. The summed E-state index contributed by atoms with van der Waals surface area (Å²) in [6.07, 6.45) is 1.80. The van der Waals surface area contributed by atoms with Crippen LogP contribution in [0, 0.1) is 0 Å². The molecule has 0 unspecified atom stereocenters. The second-order valence-electron chi connectivity index (χ2n) is 8.15. The Bertz CT molecular complexity index is 1360. The van der Waals surface area contributed by atoms with Crippen molar-refractivity contribution in [1.82, 2.24) is 14.9 Å². The summed E-state index contributed by atoms with van der Waals surface area (Å²) in [6, 6.07) is 17.1. The number of nitrogens with one attached hydrogen (secondary N) is 1. The van der Waals surface area contributed by atoms with Crippen molar-refractivity contribution < 1.29 is 14.3 Å². The second kappa shape index (κ2) is 11.2. The maximum atomic E-state index is 12.8. The molecule has 0 spiro atoms. The van der Waals surface area contributed by atoms with E-state index in [-0.39, 0.29) is 18.1 Å². The monoisotopic (exact) mass is 491 g/mol. The van der Waals surface area contributed by atoms with E-state index >= 15 is 0 Å². The van der Waals surface area contributed by atoms with Crippen LogP contribution in [0.4, 0.5) is 0 Å². The van der Waals surface area contributed by atoms with Crippen LogP contribution in [0.15, 0.2) is 59.4 Å². The zero-order valence-corrected chi connectivity index (χ0v) is 21.0. The second-order valence-corrected chi connectivity index (χ2v) is 9.18.